The summed E-state index contributed by atoms with van der Waals surface area (Å²) in [7, 11) is -1.94. The van der Waals surface area contributed by atoms with Crippen molar-refractivity contribution < 1.29 is 18.3 Å². The van der Waals surface area contributed by atoms with Crippen LogP contribution in [0.25, 0.3) is 0 Å². The number of hydrogen-bond acceptors (Lipinski definition) is 5. The van der Waals surface area contributed by atoms with Gasteiger partial charge in [0, 0.05) is 42.2 Å². The highest BCUT2D eigenvalue weighted by atomic mass is 32.2. The number of rotatable bonds is 5. The van der Waals surface area contributed by atoms with E-state index < -0.39 is 10.0 Å². The third-order valence-electron chi connectivity index (χ3n) is 7.45. The average molecular weight is 517 g/mol. The van der Waals surface area contributed by atoms with Crippen molar-refractivity contribution in [3.8, 4) is 17.6 Å². The van der Waals surface area contributed by atoms with Gasteiger partial charge in [-0.2, -0.15) is 4.31 Å². The molecule has 0 spiro atoms. The fraction of sp³-hybridized carbons (Fsp3) is 0.333. The fourth-order valence-electron chi connectivity index (χ4n) is 5.48. The largest absolute Gasteiger partial charge is 0.497 e. The maximum Gasteiger partial charge on any atom is 0.243 e. The lowest BCUT2D eigenvalue weighted by molar-refractivity contribution is -0.0553. The van der Waals surface area contributed by atoms with E-state index in [9.17, 15) is 13.5 Å². The molecule has 3 aromatic carbocycles. The van der Waals surface area contributed by atoms with Crippen molar-refractivity contribution in [3.63, 3.8) is 0 Å². The van der Waals surface area contributed by atoms with Crippen LogP contribution in [0.4, 0.5) is 0 Å². The van der Waals surface area contributed by atoms with Gasteiger partial charge in [0.15, 0.2) is 0 Å². The SMILES string of the molecule is COc1ccc(C#Cc2ccc([C@H]3[C@@H](CO)N4CCCCN(S(=O)(=O)c5ccccc5)C[C@@H]34)cc2)cc1. The maximum atomic E-state index is 13.4. The first-order valence-corrected chi connectivity index (χ1v) is 14.1. The summed E-state index contributed by atoms with van der Waals surface area (Å²) in [6.45, 7) is 1.85. The molecule has 2 saturated heterocycles. The first kappa shape index (κ1) is 25.5. The smallest absolute Gasteiger partial charge is 0.243 e. The molecule has 0 saturated carbocycles. The summed E-state index contributed by atoms with van der Waals surface area (Å²) < 4.78 is 33.7. The summed E-state index contributed by atoms with van der Waals surface area (Å²) >= 11 is 0. The Kier molecular flexibility index (Phi) is 7.63. The molecule has 2 heterocycles. The van der Waals surface area contributed by atoms with Crippen LogP contribution in [0.3, 0.4) is 0 Å². The number of benzene rings is 3. The predicted molar refractivity (Wildman–Crippen MR) is 144 cm³/mol. The quantitative estimate of drug-likeness (QED) is 0.524. The minimum absolute atomic E-state index is 0.0133. The van der Waals surface area contributed by atoms with E-state index >= 15 is 0 Å². The average Bonchev–Trinajstić information content (AvgIpc) is 2.92. The lowest BCUT2D eigenvalue weighted by Gasteiger charge is -2.57. The number of aliphatic hydroxyl groups excluding tert-OH is 1. The Balaban J connectivity index is 1.36. The van der Waals surface area contributed by atoms with Gasteiger partial charge in [-0.15, -0.1) is 0 Å². The van der Waals surface area contributed by atoms with E-state index in [4.69, 9.17) is 4.74 Å². The van der Waals surface area contributed by atoms with Gasteiger partial charge >= 0.3 is 0 Å². The number of ether oxygens (including phenoxy) is 1. The third-order valence-corrected chi connectivity index (χ3v) is 9.33. The molecule has 0 aliphatic carbocycles. The molecule has 2 aliphatic rings. The summed E-state index contributed by atoms with van der Waals surface area (Å²) in [5.74, 6) is 7.24. The Hall–Kier alpha value is -3.15. The second-order valence-electron chi connectivity index (χ2n) is 9.56. The molecule has 192 valence electrons. The molecule has 2 fully saturated rings. The van der Waals surface area contributed by atoms with Crippen LogP contribution in [0.2, 0.25) is 0 Å². The molecule has 3 atom stereocenters. The van der Waals surface area contributed by atoms with E-state index in [1.807, 2.05) is 42.5 Å². The Bertz CT molecular complexity index is 1360. The molecular weight excluding hydrogens is 484 g/mol. The second kappa shape index (κ2) is 11.1. The van der Waals surface area contributed by atoms with Crippen LogP contribution in [-0.2, 0) is 10.0 Å². The van der Waals surface area contributed by atoms with E-state index in [-0.39, 0.29) is 24.6 Å². The summed E-state index contributed by atoms with van der Waals surface area (Å²) in [5, 5.41) is 10.2. The van der Waals surface area contributed by atoms with Crippen LogP contribution in [0.1, 0.15) is 35.4 Å². The van der Waals surface area contributed by atoms with E-state index in [0.717, 1.165) is 41.8 Å². The number of aliphatic hydroxyl groups is 1. The molecular formula is C30H32N2O4S. The minimum atomic E-state index is -3.58. The molecule has 0 radical (unpaired) electrons. The number of hydrogen-bond donors (Lipinski definition) is 1. The topological polar surface area (TPSA) is 70.1 Å². The lowest BCUT2D eigenvalue weighted by atomic mass is 9.74. The summed E-state index contributed by atoms with van der Waals surface area (Å²) in [5.41, 5.74) is 2.92. The van der Waals surface area contributed by atoms with Gasteiger partial charge in [0.2, 0.25) is 10.0 Å². The van der Waals surface area contributed by atoms with Crippen molar-refractivity contribution in [2.75, 3.05) is 33.4 Å². The van der Waals surface area contributed by atoms with Gasteiger partial charge in [-0.1, -0.05) is 42.2 Å². The van der Waals surface area contributed by atoms with Gasteiger partial charge in [0.05, 0.1) is 18.6 Å². The molecule has 0 amide bonds. The molecule has 6 nitrogen and oxygen atoms in total. The Morgan fingerprint density at radius 3 is 2.14 bits per heavy atom. The number of sulfonamides is 1. The zero-order valence-corrected chi connectivity index (χ0v) is 21.8. The normalized spacial score (nSPS) is 22.5. The highest BCUT2D eigenvalue weighted by Crippen LogP contribution is 2.42. The summed E-state index contributed by atoms with van der Waals surface area (Å²) in [6.07, 6.45) is 1.71. The standard InChI is InChI=1S/C30H32N2O4S/c1-36-26-17-13-24(14-18-26)10-9-23-11-15-25(16-12-23)30-28-21-31(19-5-6-20-32(28)29(30)22-33)37(34,35)27-7-3-2-4-8-27/h2-4,7-8,11-18,28-30,33H,5-6,19-22H2,1H3/t28-,29+,30+/m0/s1. The fourth-order valence-corrected chi connectivity index (χ4v) is 6.99. The summed E-state index contributed by atoms with van der Waals surface area (Å²) in [6, 6.07) is 24.5. The molecule has 0 bridgehead atoms. The molecule has 37 heavy (non-hydrogen) atoms. The highest BCUT2D eigenvalue weighted by Gasteiger charge is 2.50. The zero-order valence-electron chi connectivity index (χ0n) is 21.0. The van der Waals surface area contributed by atoms with Gasteiger partial charge < -0.3 is 9.84 Å². The van der Waals surface area contributed by atoms with Crippen molar-refractivity contribution in [3.05, 3.63) is 95.6 Å². The van der Waals surface area contributed by atoms with Crippen molar-refractivity contribution >= 4 is 10.0 Å². The Morgan fingerprint density at radius 1 is 0.892 bits per heavy atom. The molecule has 3 aromatic rings. The second-order valence-corrected chi connectivity index (χ2v) is 11.5. The van der Waals surface area contributed by atoms with E-state index in [0.29, 0.717) is 18.0 Å². The molecule has 2 aliphatic heterocycles. The number of methoxy groups -OCH3 is 1. The predicted octanol–water partition coefficient (Wildman–Crippen LogP) is 3.71. The van der Waals surface area contributed by atoms with E-state index in [1.54, 1.807) is 35.7 Å². The van der Waals surface area contributed by atoms with Gasteiger partial charge in [-0.25, -0.2) is 8.42 Å². The highest BCUT2D eigenvalue weighted by molar-refractivity contribution is 7.89. The van der Waals surface area contributed by atoms with Crippen molar-refractivity contribution in [2.24, 2.45) is 0 Å². The van der Waals surface area contributed by atoms with Gasteiger partial charge in [0.25, 0.3) is 0 Å². The Labute approximate surface area is 219 Å². The van der Waals surface area contributed by atoms with Crippen LogP contribution in [0.15, 0.2) is 83.8 Å². The molecule has 0 unspecified atom stereocenters. The van der Waals surface area contributed by atoms with E-state index in [2.05, 4.69) is 28.9 Å². The maximum absolute atomic E-state index is 13.4. The van der Waals surface area contributed by atoms with Gasteiger partial charge in [-0.05, 0) is 73.5 Å². The lowest BCUT2D eigenvalue weighted by Crippen LogP contribution is -2.67. The van der Waals surface area contributed by atoms with Crippen LogP contribution in [0, 0.1) is 11.8 Å². The van der Waals surface area contributed by atoms with Crippen LogP contribution >= 0.6 is 0 Å². The van der Waals surface area contributed by atoms with Gasteiger partial charge in [-0.3, -0.25) is 4.90 Å². The molecule has 0 aromatic heterocycles. The first-order chi connectivity index (χ1) is 18.0. The first-order valence-electron chi connectivity index (χ1n) is 12.7. The van der Waals surface area contributed by atoms with Crippen LogP contribution in [-0.4, -0.2) is 68.2 Å². The zero-order chi connectivity index (χ0) is 25.8. The van der Waals surface area contributed by atoms with Crippen LogP contribution < -0.4 is 4.74 Å². The number of nitrogens with zero attached hydrogens (tertiary/aromatic N) is 2. The monoisotopic (exact) mass is 516 g/mol. The van der Waals surface area contributed by atoms with Crippen LogP contribution in [0.5, 0.6) is 5.75 Å². The van der Waals surface area contributed by atoms with E-state index in [1.165, 1.54) is 0 Å². The third kappa shape index (κ3) is 5.29. The van der Waals surface area contributed by atoms with Crippen molar-refractivity contribution in [2.45, 2.75) is 35.7 Å². The number of fused-ring (bicyclic) bond motifs is 1. The Morgan fingerprint density at radius 2 is 1.51 bits per heavy atom. The van der Waals surface area contributed by atoms with Gasteiger partial charge in [0.1, 0.15) is 5.75 Å². The molecule has 1 N–H and O–H groups in total. The van der Waals surface area contributed by atoms with Crippen molar-refractivity contribution in [1.82, 2.24) is 9.21 Å². The summed E-state index contributed by atoms with van der Waals surface area (Å²) in [4.78, 5) is 2.62. The molecule has 7 heteroatoms. The minimum Gasteiger partial charge on any atom is -0.497 e. The van der Waals surface area contributed by atoms with Crippen molar-refractivity contribution in [1.29, 1.82) is 0 Å². The molecule has 5 rings (SSSR count).